The zero-order chi connectivity index (χ0) is 13.1. The molecular formula is C14H26N2O2. The van der Waals surface area contributed by atoms with Crippen LogP contribution in [0, 0.1) is 5.92 Å². The number of carboxylic acids is 1. The number of carbonyl (C=O) groups is 1. The van der Waals surface area contributed by atoms with Gasteiger partial charge in [-0.3, -0.25) is 9.69 Å². The van der Waals surface area contributed by atoms with Gasteiger partial charge in [0, 0.05) is 25.2 Å². The highest BCUT2D eigenvalue weighted by atomic mass is 16.4. The predicted molar refractivity (Wildman–Crippen MR) is 71.7 cm³/mol. The summed E-state index contributed by atoms with van der Waals surface area (Å²) < 4.78 is 0. The third kappa shape index (κ3) is 3.23. The molecule has 0 aromatic carbocycles. The van der Waals surface area contributed by atoms with Crippen LogP contribution in [-0.2, 0) is 4.79 Å². The van der Waals surface area contributed by atoms with Crippen molar-refractivity contribution in [2.75, 3.05) is 26.2 Å². The molecule has 2 rings (SSSR count). The molecule has 2 atom stereocenters. The predicted octanol–water partition coefficient (Wildman–Crippen LogP) is 1.66. The van der Waals surface area contributed by atoms with E-state index in [-0.39, 0.29) is 5.92 Å². The summed E-state index contributed by atoms with van der Waals surface area (Å²) >= 11 is 0. The molecule has 104 valence electrons. The van der Waals surface area contributed by atoms with E-state index < -0.39 is 5.97 Å². The molecule has 2 unspecified atom stereocenters. The molecule has 0 bridgehead atoms. The van der Waals surface area contributed by atoms with Crippen LogP contribution in [-0.4, -0.2) is 59.1 Å². The number of likely N-dealkylation sites (tertiary alicyclic amines) is 2. The molecule has 2 heterocycles. The van der Waals surface area contributed by atoms with E-state index in [1.807, 2.05) is 0 Å². The fourth-order valence-corrected chi connectivity index (χ4v) is 3.06. The Labute approximate surface area is 110 Å². The molecule has 0 spiro atoms. The largest absolute Gasteiger partial charge is 0.481 e. The second-order valence-electron chi connectivity index (χ2n) is 6.01. The smallest absolute Gasteiger partial charge is 0.309 e. The number of carboxylic acid groups (broad SMARTS) is 1. The maximum absolute atomic E-state index is 10.8. The molecule has 0 aliphatic carbocycles. The second-order valence-corrected chi connectivity index (χ2v) is 6.01. The van der Waals surface area contributed by atoms with Crippen molar-refractivity contribution in [1.82, 2.24) is 9.80 Å². The Kier molecular flexibility index (Phi) is 4.62. The van der Waals surface area contributed by atoms with E-state index in [0.717, 1.165) is 13.1 Å². The van der Waals surface area contributed by atoms with Crippen LogP contribution in [0.4, 0.5) is 0 Å². The van der Waals surface area contributed by atoms with Gasteiger partial charge in [0.2, 0.25) is 0 Å². The average molecular weight is 254 g/mol. The van der Waals surface area contributed by atoms with Gasteiger partial charge in [-0.15, -0.1) is 0 Å². The Balaban J connectivity index is 1.63. The molecule has 2 saturated heterocycles. The van der Waals surface area contributed by atoms with E-state index in [4.69, 9.17) is 5.11 Å². The normalized spacial score (nSPS) is 25.9. The molecule has 0 aromatic rings. The molecule has 4 nitrogen and oxygen atoms in total. The lowest BCUT2D eigenvalue weighted by Crippen LogP contribution is -2.54. The van der Waals surface area contributed by atoms with E-state index in [9.17, 15) is 4.79 Å². The first-order valence-electron chi connectivity index (χ1n) is 7.29. The lowest BCUT2D eigenvalue weighted by Gasteiger charge is -2.41. The molecule has 2 aliphatic rings. The van der Waals surface area contributed by atoms with Crippen LogP contribution in [0.15, 0.2) is 0 Å². The van der Waals surface area contributed by atoms with Gasteiger partial charge in [0.05, 0.1) is 5.92 Å². The highest BCUT2D eigenvalue weighted by Gasteiger charge is 2.35. The Hall–Kier alpha value is -0.610. The van der Waals surface area contributed by atoms with E-state index in [1.54, 1.807) is 0 Å². The summed E-state index contributed by atoms with van der Waals surface area (Å²) in [5.41, 5.74) is 0. The van der Waals surface area contributed by atoms with E-state index in [0.29, 0.717) is 12.1 Å². The van der Waals surface area contributed by atoms with Crippen LogP contribution < -0.4 is 0 Å². The molecule has 18 heavy (non-hydrogen) atoms. The number of nitrogens with zero attached hydrogens (tertiary/aromatic N) is 2. The summed E-state index contributed by atoms with van der Waals surface area (Å²) in [5, 5.41) is 8.86. The van der Waals surface area contributed by atoms with Crippen molar-refractivity contribution in [1.29, 1.82) is 0 Å². The van der Waals surface area contributed by atoms with Gasteiger partial charge >= 0.3 is 5.97 Å². The summed E-state index contributed by atoms with van der Waals surface area (Å²) in [7, 11) is 0. The quantitative estimate of drug-likeness (QED) is 0.783. The van der Waals surface area contributed by atoms with Crippen molar-refractivity contribution in [3.63, 3.8) is 0 Å². The minimum absolute atomic E-state index is 0.122. The van der Waals surface area contributed by atoms with Crippen LogP contribution in [0.5, 0.6) is 0 Å². The number of hydrogen-bond donors (Lipinski definition) is 1. The van der Waals surface area contributed by atoms with E-state index in [2.05, 4.69) is 23.6 Å². The topological polar surface area (TPSA) is 43.8 Å². The van der Waals surface area contributed by atoms with Gasteiger partial charge in [0.15, 0.2) is 0 Å². The highest BCUT2D eigenvalue weighted by Crippen LogP contribution is 2.23. The monoisotopic (exact) mass is 254 g/mol. The minimum atomic E-state index is -0.635. The summed E-state index contributed by atoms with van der Waals surface area (Å²) in [4.78, 5) is 15.6. The average Bonchev–Trinajstić information content (AvgIpc) is 2.76. The molecule has 0 radical (unpaired) electrons. The van der Waals surface area contributed by atoms with Crippen molar-refractivity contribution in [2.24, 2.45) is 5.92 Å². The van der Waals surface area contributed by atoms with Crippen LogP contribution in [0.3, 0.4) is 0 Å². The summed E-state index contributed by atoms with van der Waals surface area (Å²) in [6.07, 6.45) is 5.12. The number of rotatable bonds is 6. The standard InChI is InChI=1S/C14H26N2O2/c1-11(15-7-3-4-8-15)5-6-12(2)16-9-13(10-16)14(17)18/h11-13H,3-10H2,1-2H3,(H,17,18). The Morgan fingerprint density at radius 3 is 2.11 bits per heavy atom. The number of hydrogen-bond acceptors (Lipinski definition) is 3. The fourth-order valence-electron chi connectivity index (χ4n) is 3.06. The van der Waals surface area contributed by atoms with Gasteiger partial charge < -0.3 is 10.0 Å². The minimum Gasteiger partial charge on any atom is -0.481 e. The Morgan fingerprint density at radius 2 is 1.61 bits per heavy atom. The summed E-state index contributed by atoms with van der Waals surface area (Å²) in [6, 6.07) is 1.22. The van der Waals surface area contributed by atoms with Crippen LogP contribution in [0.25, 0.3) is 0 Å². The van der Waals surface area contributed by atoms with Crippen molar-refractivity contribution < 1.29 is 9.90 Å². The van der Waals surface area contributed by atoms with Gasteiger partial charge in [-0.1, -0.05) is 0 Å². The second kappa shape index (κ2) is 6.02. The van der Waals surface area contributed by atoms with Gasteiger partial charge in [0.25, 0.3) is 0 Å². The van der Waals surface area contributed by atoms with Gasteiger partial charge in [-0.2, -0.15) is 0 Å². The summed E-state index contributed by atoms with van der Waals surface area (Å²) in [6.45, 7) is 8.58. The zero-order valence-electron chi connectivity index (χ0n) is 11.6. The maximum Gasteiger partial charge on any atom is 0.309 e. The van der Waals surface area contributed by atoms with Crippen molar-refractivity contribution >= 4 is 5.97 Å². The number of aliphatic carboxylic acids is 1. The first kappa shape index (κ1) is 13.8. The van der Waals surface area contributed by atoms with Crippen molar-refractivity contribution in [2.45, 2.75) is 51.6 Å². The molecule has 1 N–H and O–H groups in total. The third-order valence-electron chi connectivity index (χ3n) is 4.65. The van der Waals surface area contributed by atoms with E-state index >= 15 is 0 Å². The first-order chi connectivity index (χ1) is 8.58. The molecule has 2 aliphatic heterocycles. The first-order valence-corrected chi connectivity index (χ1v) is 7.29. The lowest BCUT2D eigenvalue weighted by atomic mass is 9.96. The van der Waals surface area contributed by atoms with E-state index in [1.165, 1.54) is 38.8 Å². The lowest BCUT2D eigenvalue weighted by molar-refractivity contribution is -0.148. The third-order valence-corrected chi connectivity index (χ3v) is 4.65. The summed E-state index contributed by atoms with van der Waals surface area (Å²) in [5.74, 6) is -0.757. The Bertz CT molecular complexity index is 284. The van der Waals surface area contributed by atoms with Crippen LogP contribution >= 0.6 is 0 Å². The van der Waals surface area contributed by atoms with Crippen LogP contribution in [0.1, 0.15) is 39.5 Å². The molecular weight excluding hydrogens is 228 g/mol. The molecule has 0 aromatic heterocycles. The highest BCUT2D eigenvalue weighted by molar-refractivity contribution is 5.71. The Morgan fingerprint density at radius 1 is 1.11 bits per heavy atom. The SMILES string of the molecule is CC(CCC(C)N1CC(C(=O)O)C1)N1CCCC1. The van der Waals surface area contributed by atoms with Gasteiger partial charge in [-0.25, -0.2) is 0 Å². The molecule has 0 amide bonds. The fraction of sp³-hybridized carbons (Fsp3) is 0.929. The van der Waals surface area contributed by atoms with Crippen molar-refractivity contribution in [3.05, 3.63) is 0 Å². The molecule has 0 saturated carbocycles. The van der Waals surface area contributed by atoms with Crippen molar-refractivity contribution in [3.8, 4) is 0 Å². The maximum atomic E-state index is 10.8. The van der Waals surface area contributed by atoms with Crippen LogP contribution in [0.2, 0.25) is 0 Å². The van der Waals surface area contributed by atoms with Gasteiger partial charge in [0.1, 0.15) is 0 Å². The molecule has 2 fully saturated rings. The molecule has 4 heteroatoms. The zero-order valence-corrected chi connectivity index (χ0v) is 11.6. The van der Waals surface area contributed by atoms with Gasteiger partial charge in [-0.05, 0) is 52.6 Å².